The van der Waals surface area contributed by atoms with Crippen LogP contribution in [0.25, 0.3) is 0 Å². The molecule has 1 amide bonds. The summed E-state index contributed by atoms with van der Waals surface area (Å²) in [6, 6.07) is 0. The van der Waals surface area contributed by atoms with Crippen molar-refractivity contribution < 1.29 is 11.0 Å². The molecule has 0 fully saturated rings. The lowest BCUT2D eigenvalue weighted by molar-refractivity contribution is 0.168. The summed E-state index contributed by atoms with van der Waals surface area (Å²) in [6.45, 7) is 5.08. The third-order valence-electron chi connectivity index (χ3n) is 2.11. The van der Waals surface area contributed by atoms with Crippen molar-refractivity contribution in [1.82, 2.24) is 5.32 Å². The Balaban J connectivity index is 0. The Labute approximate surface area is 82.3 Å². The number of alkyl carbamates (subject to hydrolysis) is 1. The van der Waals surface area contributed by atoms with E-state index in [0.717, 1.165) is 6.54 Å². The molecule has 0 spiro atoms. The highest BCUT2D eigenvalue weighted by molar-refractivity contribution is 5.66. The summed E-state index contributed by atoms with van der Waals surface area (Å²) in [7, 11) is 1.39. The van der Waals surface area contributed by atoms with Crippen molar-refractivity contribution in [2.45, 2.75) is 39.5 Å². The maximum Gasteiger partial charge on any atom is 0.406 e. The zero-order valence-corrected chi connectivity index (χ0v) is 8.93. The second kappa shape index (κ2) is 7.90. The Morgan fingerprint density at radius 3 is 2.31 bits per heavy atom. The van der Waals surface area contributed by atoms with Crippen molar-refractivity contribution in [1.29, 1.82) is 0 Å². The number of nitrogens with one attached hydrogen (secondary N) is 1. The first-order valence-electron chi connectivity index (χ1n) is 5.06. The highest BCUT2D eigenvalue weighted by atomic mass is 16.5. The van der Waals surface area contributed by atoms with E-state index in [9.17, 15) is 4.79 Å². The van der Waals surface area contributed by atoms with Crippen LogP contribution in [0.5, 0.6) is 0 Å². The molecule has 0 aromatic carbocycles. The number of amides is 1. The highest BCUT2D eigenvalue weighted by Gasteiger charge is 2.08. The van der Waals surface area contributed by atoms with Crippen molar-refractivity contribution in [2.24, 2.45) is 5.92 Å². The fraction of sp³-hybridized carbons (Fsp3) is 0.900. The first kappa shape index (κ1) is 12.3. The molecule has 3 nitrogen and oxygen atoms in total. The molecule has 0 aliphatic carbocycles. The molecule has 0 bridgehead atoms. The Hall–Kier alpha value is -0.730. The molecule has 3 heteroatoms. The van der Waals surface area contributed by atoms with Crippen LogP contribution in [-0.4, -0.2) is 19.7 Å². The van der Waals surface area contributed by atoms with Gasteiger partial charge < -0.3 is 10.1 Å². The number of rotatable bonds is 6. The number of hydrogen-bond acceptors (Lipinski definition) is 2. The zero-order valence-electron chi connectivity index (χ0n) is 8.93. The van der Waals surface area contributed by atoms with E-state index >= 15 is 0 Å². The van der Waals surface area contributed by atoms with Gasteiger partial charge in [-0.05, 0) is 18.8 Å². The molecule has 0 atom stereocenters. The smallest absolute Gasteiger partial charge is 0.406 e. The third kappa shape index (κ3) is 6.43. The van der Waals surface area contributed by atoms with Crippen LogP contribution in [0.4, 0.5) is 4.79 Å². The summed E-state index contributed by atoms with van der Waals surface area (Å²) >= 11 is 0. The second-order valence-corrected chi connectivity index (χ2v) is 3.32. The minimum absolute atomic E-state index is 0. The van der Waals surface area contributed by atoms with E-state index < -0.39 is 0 Å². The lowest BCUT2D eigenvalue weighted by Crippen LogP contribution is -2.29. The molecule has 0 heterocycles. The van der Waals surface area contributed by atoms with Crippen LogP contribution < -0.4 is 5.32 Å². The van der Waals surface area contributed by atoms with Crippen molar-refractivity contribution in [2.75, 3.05) is 13.7 Å². The molecular weight excluding hydrogens is 166 g/mol. The topological polar surface area (TPSA) is 38.3 Å². The molecule has 13 heavy (non-hydrogen) atoms. The van der Waals surface area contributed by atoms with Crippen LogP contribution in [0.1, 0.15) is 41.0 Å². The fourth-order valence-electron chi connectivity index (χ4n) is 1.46. The summed E-state index contributed by atoms with van der Waals surface area (Å²) in [5.41, 5.74) is 0. The Morgan fingerprint density at radius 2 is 1.92 bits per heavy atom. The number of carbonyl (C=O) groups is 1. The van der Waals surface area contributed by atoms with Gasteiger partial charge in [0.05, 0.1) is 7.11 Å². The van der Waals surface area contributed by atoms with Crippen LogP contribution in [0.2, 0.25) is 0 Å². The van der Waals surface area contributed by atoms with E-state index in [0.29, 0.717) is 5.92 Å². The van der Waals surface area contributed by atoms with Gasteiger partial charge in [0.1, 0.15) is 0 Å². The van der Waals surface area contributed by atoms with Crippen LogP contribution in [0.15, 0.2) is 0 Å². The minimum Gasteiger partial charge on any atom is -0.453 e. The van der Waals surface area contributed by atoms with Crippen molar-refractivity contribution >= 4 is 6.09 Å². The lowest BCUT2D eigenvalue weighted by Gasteiger charge is -2.15. The predicted octanol–water partition coefficient (Wildman–Crippen LogP) is 2.80. The standard InChI is InChI=1S/C10H21NO2.H2/c1-4-6-9(7-5-2)8-11-10(12)13-3;/h9H,4-8H2,1-3H3,(H,11,12);1H. The molecule has 0 aliphatic heterocycles. The largest absolute Gasteiger partial charge is 0.453 e. The summed E-state index contributed by atoms with van der Waals surface area (Å²) in [5, 5.41) is 2.74. The van der Waals surface area contributed by atoms with Crippen LogP contribution in [0.3, 0.4) is 0 Å². The highest BCUT2D eigenvalue weighted by Crippen LogP contribution is 2.11. The molecule has 0 saturated heterocycles. The minimum atomic E-state index is -0.322. The van der Waals surface area contributed by atoms with E-state index in [2.05, 4.69) is 23.9 Å². The SMILES string of the molecule is CCCC(CCC)CNC(=O)OC.[HH]. The normalized spacial score (nSPS) is 10.2. The van der Waals surface area contributed by atoms with E-state index in [-0.39, 0.29) is 7.52 Å². The fourth-order valence-corrected chi connectivity index (χ4v) is 1.46. The summed E-state index contributed by atoms with van der Waals surface area (Å²) in [6.07, 6.45) is 4.38. The van der Waals surface area contributed by atoms with E-state index in [1.165, 1.54) is 32.8 Å². The van der Waals surface area contributed by atoms with Crippen LogP contribution in [0, 0.1) is 5.92 Å². The molecule has 80 valence electrons. The maximum atomic E-state index is 10.8. The first-order valence-corrected chi connectivity index (χ1v) is 5.06. The van der Waals surface area contributed by atoms with Crippen molar-refractivity contribution in [3.05, 3.63) is 0 Å². The average molecular weight is 189 g/mol. The second-order valence-electron chi connectivity index (χ2n) is 3.32. The van der Waals surface area contributed by atoms with Gasteiger partial charge in [0.2, 0.25) is 0 Å². The molecule has 0 saturated carbocycles. The summed E-state index contributed by atoms with van der Waals surface area (Å²) in [4.78, 5) is 10.8. The van der Waals surface area contributed by atoms with Gasteiger partial charge in [-0.25, -0.2) is 4.79 Å². The van der Waals surface area contributed by atoms with Crippen LogP contribution in [-0.2, 0) is 4.74 Å². The van der Waals surface area contributed by atoms with E-state index in [1.807, 2.05) is 0 Å². The molecule has 0 aliphatic rings. The molecule has 0 unspecified atom stereocenters. The van der Waals surface area contributed by atoms with Crippen molar-refractivity contribution in [3.8, 4) is 0 Å². The van der Waals surface area contributed by atoms with E-state index in [1.54, 1.807) is 0 Å². The number of carbonyl (C=O) groups excluding carboxylic acids is 1. The Bertz CT molecular complexity index is 136. The number of methoxy groups -OCH3 is 1. The first-order chi connectivity index (χ1) is 6.24. The van der Waals surface area contributed by atoms with E-state index in [4.69, 9.17) is 0 Å². The Kier molecular flexibility index (Phi) is 7.45. The lowest BCUT2D eigenvalue weighted by atomic mass is 9.98. The molecule has 0 radical (unpaired) electrons. The quantitative estimate of drug-likeness (QED) is 0.697. The number of ether oxygens (including phenoxy) is 1. The predicted molar refractivity (Wildman–Crippen MR) is 55.8 cm³/mol. The van der Waals surface area contributed by atoms with Crippen molar-refractivity contribution in [3.63, 3.8) is 0 Å². The van der Waals surface area contributed by atoms with Gasteiger partial charge in [-0.1, -0.05) is 26.7 Å². The van der Waals surface area contributed by atoms with Gasteiger partial charge in [-0.3, -0.25) is 0 Å². The third-order valence-corrected chi connectivity index (χ3v) is 2.11. The van der Waals surface area contributed by atoms with Gasteiger partial charge in [-0.2, -0.15) is 0 Å². The molecule has 1 N–H and O–H groups in total. The zero-order chi connectivity index (χ0) is 10.1. The molecule has 0 aromatic rings. The molecular formula is C10H23NO2. The van der Waals surface area contributed by atoms with Gasteiger partial charge in [0, 0.05) is 7.97 Å². The average Bonchev–Trinajstić information content (AvgIpc) is 2.14. The van der Waals surface area contributed by atoms with Gasteiger partial charge >= 0.3 is 6.09 Å². The summed E-state index contributed by atoms with van der Waals surface area (Å²) in [5.74, 6) is 0.606. The monoisotopic (exact) mass is 189 g/mol. The number of hydrogen-bond donors (Lipinski definition) is 1. The van der Waals surface area contributed by atoms with Gasteiger partial charge in [0.15, 0.2) is 0 Å². The Morgan fingerprint density at radius 1 is 1.38 bits per heavy atom. The van der Waals surface area contributed by atoms with Crippen LogP contribution >= 0.6 is 0 Å². The maximum absolute atomic E-state index is 10.8. The molecule has 0 aromatic heterocycles. The summed E-state index contributed by atoms with van der Waals surface area (Å²) < 4.78 is 4.51. The molecule has 0 rings (SSSR count). The van der Waals surface area contributed by atoms with Gasteiger partial charge in [0.25, 0.3) is 0 Å². The van der Waals surface area contributed by atoms with Gasteiger partial charge in [-0.15, -0.1) is 0 Å².